The van der Waals surface area contributed by atoms with Gasteiger partial charge in [0.15, 0.2) is 0 Å². The van der Waals surface area contributed by atoms with E-state index in [1.54, 1.807) is 12.1 Å². The molecular formula is C33H24FNPSe+. The fraction of sp³-hybridized carbons (Fsp3) is 0. The van der Waals surface area contributed by atoms with E-state index < -0.39 is 7.26 Å². The number of hydrogen-bond acceptors (Lipinski definition) is 1. The summed E-state index contributed by atoms with van der Waals surface area (Å²) in [5, 5.41) is 3.78. The predicted octanol–water partition coefficient (Wildman–Crippen LogP) is 6.23. The van der Waals surface area contributed by atoms with E-state index >= 15 is 0 Å². The molecule has 4 heteroatoms. The Hall–Kier alpha value is -3.61. The number of aromatic nitrogens is 1. The van der Waals surface area contributed by atoms with Gasteiger partial charge >= 0.3 is 224 Å². The second-order valence-corrected chi connectivity index (χ2v) is 14.1. The van der Waals surface area contributed by atoms with Gasteiger partial charge in [0, 0.05) is 0 Å². The molecule has 0 unspecified atom stereocenters. The molecule has 1 nitrogen and oxygen atoms in total. The van der Waals surface area contributed by atoms with Gasteiger partial charge in [-0.3, -0.25) is 0 Å². The van der Waals surface area contributed by atoms with Gasteiger partial charge in [0.2, 0.25) is 0 Å². The molecule has 6 aromatic rings. The predicted molar refractivity (Wildman–Crippen MR) is 157 cm³/mol. The zero-order chi connectivity index (χ0) is 25.1. The van der Waals surface area contributed by atoms with Crippen LogP contribution in [0.5, 0.6) is 0 Å². The molecule has 0 aliphatic heterocycles. The molecule has 0 aliphatic rings. The third kappa shape index (κ3) is 4.41. The molecule has 37 heavy (non-hydrogen) atoms. The Balaban J connectivity index is 1.76. The summed E-state index contributed by atoms with van der Waals surface area (Å²) in [6.45, 7) is 0. The Morgan fingerprint density at radius 2 is 0.919 bits per heavy atom. The average molecular weight is 563 g/mol. The fourth-order valence-corrected chi connectivity index (χ4v) is 12.3. The van der Waals surface area contributed by atoms with Crippen molar-refractivity contribution in [1.29, 1.82) is 0 Å². The van der Waals surface area contributed by atoms with E-state index in [9.17, 15) is 4.39 Å². The summed E-state index contributed by atoms with van der Waals surface area (Å²) in [6.07, 6.45) is 0. The summed E-state index contributed by atoms with van der Waals surface area (Å²) in [7, 11) is -2.38. The van der Waals surface area contributed by atoms with Crippen LogP contribution >= 0.6 is 7.26 Å². The van der Waals surface area contributed by atoms with Crippen molar-refractivity contribution in [2.24, 2.45) is 0 Å². The minimum atomic E-state index is -2.38. The first-order valence-corrected chi connectivity index (χ1v) is 15.7. The Morgan fingerprint density at radius 1 is 0.486 bits per heavy atom. The zero-order valence-electron chi connectivity index (χ0n) is 20.0. The molecule has 0 bridgehead atoms. The topological polar surface area (TPSA) is 12.9 Å². The summed E-state index contributed by atoms with van der Waals surface area (Å²) >= 11 is -0.0435. The molecule has 178 valence electrons. The molecule has 0 atom stereocenters. The van der Waals surface area contributed by atoms with Crippen LogP contribution in [0, 0.1) is 5.82 Å². The third-order valence-corrected chi connectivity index (χ3v) is 13.4. The van der Waals surface area contributed by atoms with Gasteiger partial charge in [0.25, 0.3) is 0 Å². The molecule has 1 aromatic heterocycles. The van der Waals surface area contributed by atoms with Crippen molar-refractivity contribution in [3.63, 3.8) is 0 Å². The van der Waals surface area contributed by atoms with Crippen LogP contribution in [0.4, 0.5) is 4.39 Å². The molecule has 0 radical (unpaired) electrons. The van der Waals surface area contributed by atoms with Crippen LogP contribution in [0.3, 0.4) is 0 Å². The zero-order valence-corrected chi connectivity index (χ0v) is 22.6. The van der Waals surface area contributed by atoms with Gasteiger partial charge in [-0.2, -0.15) is 0 Å². The van der Waals surface area contributed by atoms with Gasteiger partial charge < -0.3 is 0 Å². The number of hydrogen-bond donors (Lipinski definition) is 0. The third-order valence-electron chi connectivity index (χ3n) is 6.48. The van der Waals surface area contributed by atoms with Crippen molar-refractivity contribution >= 4 is 43.1 Å². The number of benzene rings is 5. The van der Waals surface area contributed by atoms with E-state index in [-0.39, 0.29) is 20.3 Å². The second-order valence-electron chi connectivity index (χ2n) is 8.72. The van der Waals surface area contributed by atoms with Crippen molar-refractivity contribution in [2.45, 2.75) is 0 Å². The van der Waals surface area contributed by atoms with Gasteiger partial charge in [-0.15, -0.1) is 0 Å². The number of nitrogens with zero attached hydrogens (tertiary/aromatic N) is 1. The Kier molecular flexibility index (Phi) is 6.68. The summed E-state index contributed by atoms with van der Waals surface area (Å²) in [5.74, 6) is -0.226. The van der Waals surface area contributed by atoms with Gasteiger partial charge in [0.05, 0.1) is 0 Å². The molecule has 6 rings (SSSR count). The Bertz CT molecular complexity index is 1500. The maximum atomic E-state index is 14.0. The average Bonchev–Trinajstić information content (AvgIpc) is 3.42. The van der Waals surface area contributed by atoms with E-state index in [4.69, 9.17) is 4.98 Å². The SMILES string of the molecule is Fc1ccc(-c2[se]c(-c3ccccc3)nc2[P+](c2ccccc2)(c2ccccc2)c2ccccc2)cc1. The summed E-state index contributed by atoms with van der Waals surface area (Å²) in [4.78, 5) is 5.52. The van der Waals surface area contributed by atoms with E-state index in [0.29, 0.717) is 0 Å². The van der Waals surface area contributed by atoms with Crippen molar-refractivity contribution in [2.75, 3.05) is 0 Å². The molecule has 1 heterocycles. The van der Waals surface area contributed by atoms with Crippen LogP contribution in [0.1, 0.15) is 0 Å². The second kappa shape index (κ2) is 10.4. The van der Waals surface area contributed by atoms with Gasteiger partial charge in [0.1, 0.15) is 0 Å². The van der Waals surface area contributed by atoms with Crippen LogP contribution in [-0.4, -0.2) is 19.5 Å². The van der Waals surface area contributed by atoms with Gasteiger partial charge in [-0.25, -0.2) is 0 Å². The van der Waals surface area contributed by atoms with Crippen LogP contribution < -0.4 is 21.3 Å². The summed E-state index contributed by atoms with van der Waals surface area (Å²) in [6, 6.07) is 49.8. The molecule has 0 saturated carbocycles. The quantitative estimate of drug-likeness (QED) is 0.173. The fourth-order valence-electron chi connectivity index (χ4n) is 4.80. The Labute approximate surface area is 223 Å². The molecule has 0 N–H and O–H groups in total. The van der Waals surface area contributed by atoms with Crippen molar-refractivity contribution in [3.8, 4) is 20.1 Å². The first-order valence-electron chi connectivity index (χ1n) is 12.2. The van der Waals surface area contributed by atoms with Crippen LogP contribution in [0.15, 0.2) is 146 Å². The van der Waals surface area contributed by atoms with Crippen molar-refractivity contribution < 1.29 is 4.39 Å². The molecule has 0 amide bonds. The maximum absolute atomic E-state index is 14.0. The molecule has 0 saturated heterocycles. The molecular weight excluding hydrogens is 539 g/mol. The first-order chi connectivity index (χ1) is 18.3. The monoisotopic (exact) mass is 564 g/mol. The first kappa shape index (κ1) is 23.8. The molecule has 0 fully saturated rings. The van der Waals surface area contributed by atoms with Crippen LogP contribution in [0.2, 0.25) is 0 Å². The summed E-state index contributed by atoms with van der Waals surface area (Å²) < 4.78 is 16.3. The normalized spacial score (nSPS) is 11.4. The standard InChI is InChI=1S/C33H24FNPSe/c34-27-23-21-25(22-24-27)31-32(35-33(37-31)26-13-5-1-6-14-26)36(28-15-7-2-8-16-28,29-17-9-3-10-18-29)30-19-11-4-12-20-30/h1-24H/q+1. The molecule has 0 aliphatic carbocycles. The van der Waals surface area contributed by atoms with E-state index in [2.05, 4.69) is 115 Å². The van der Waals surface area contributed by atoms with Gasteiger partial charge in [-0.05, 0) is 0 Å². The van der Waals surface area contributed by atoms with Crippen molar-refractivity contribution in [3.05, 3.63) is 151 Å². The van der Waals surface area contributed by atoms with E-state index in [1.807, 2.05) is 18.2 Å². The van der Waals surface area contributed by atoms with E-state index in [0.717, 1.165) is 21.1 Å². The molecule has 0 spiro atoms. The number of rotatable bonds is 6. The number of halogens is 1. The van der Waals surface area contributed by atoms with Crippen LogP contribution in [0.25, 0.3) is 20.1 Å². The molecule has 5 aromatic carbocycles. The van der Waals surface area contributed by atoms with Crippen molar-refractivity contribution in [1.82, 2.24) is 4.98 Å². The summed E-state index contributed by atoms with van der Waals surface area (Å²) in [5.41, 5.74) is 3.30. The van der Waals surface area contributed by atoms with Crippen LogP contribution in [-0.2, 0) is 0 Å². The van der Waals surface area contributed by atoms with Gasteiger partial charge in [-0.1, -0.05) is 0 Å². The Morgan fingerprint density at radius 3 is 1.38 bits per heavy atom. The minimum absolute atomic E-state index is 0.0435. The van der Waals surface area contributed by atoms with E-state index in [1.165, 1.54) is 20.4 Å².